The van der Waals surface area contributed by atoms with Crippen LogP contribution in [-0.4, -0.2) is 34.8 Å². The van der Waals surface area contributed by atoms with Gasteiger partial charge in [-0.1, -0.05) is 47.2 Å². The van der Waals surface area contributed by atoms with Crippen LogP contribution in [0.15, 0.2) is 46.5 Å². The maximum atomic E-state index is 12.8. The highest BCUT2D eigenvalue weighted by Gasteiger charge is 2.21. The summed E-state index contributed by atoms with van der Waals surface area (Å²) in [6.45, 7) is 10.3. The van der Waals surface area contributed by atoms with Gasteiger partial charge in [0.25, 0.3) is 0 Å². The van der Waals surface area contributed by atoms with Gasteiger partial charge >= 0.3 is 0 Å². The van der Waals surface area contributed by atoms with Crippen molar-refractivity contribution < 1.29 is 13.2 Å². The van der Waals surface area contributed by atoms with Crippen molar-refractivity contribution in [1.82, 2.24) is 14.8 Å². The first-order valence-electron chi connectivity index (χ1n) is 10.3. The topological polar surface area (TPSA) is 93.9 Å². The number of hydrogen-bond donors (Lipinski definition) is 1. The Kier molecular flexibility index (Phi) is 7.40. The number of rotatable bonds is 8. The lowest BCUT2D eigenvalue weighted by Crippen LogP contribution is -2.16. The van der Waals surface area contributed by atoms with Gasteiger partial charge in [0.2, 0.25) is 5.91 Å². The quantitative estimate of drug-likeness (QED) is 0.493. The Balaban J connectivity index is 1.70. The standard InChI is InChI=1S/C23H28N4O3S2/c1-6-27-20(14-32(29,30)19-9-7-15(2)8-10-19)25-26-23(27)31-13-21(28)24-22-17(4)11-16(3)12-18(22)5/h7-12H,6,13-14H2,1-5H3,(H,24,28). The number of benzene rings is 2. The SMILES string of the molecule is CCn1c(CS(=O)(=O)c2ccc(C)cc2)nnc1SCC(=O)Nc1c(C)cc(C)cc1C. The van der Waals surface area contributed by atoms with Crippen molar-refractivity contribution in [2.45, 2.75) is 57.0 Å². The van der Waals surface area contributed by atoms with Gasteiger partial charge in [-0.2, -0.15) is 0 Å². The minimum Gasteiger partial charge on any atom is -0.325 e. The van der Waals surface area contributed by atoms with Crippen LogP contribution in [0.5, 0.6) is 0 Å². The molecule has 0 aliphatic heterocycles. The van der Waals surface area contributed by atoms with Gasteiger partial charge in [0.1, 0.15) is 11.6 Å². The van der Waals surface area contributed by atoms with E-state index in [1.807, 2.05) is 46.8 Å². The average molecular weight is 473 g/mol. The van der Waals surface area contributed by atoms with Gasteiger partial charge in [0, 0.05) is 12.2 Å². The van der Waals surface area contributed by atoms with E-state index in [1.165, 1.54) is 11.8 Å². The molecule has 1 heterocycles. The summed E-state index contributed by atoms with van der Waals surface area (Å²) in [5, 5.41) is 11.7. The first-order valence-corrected chi connectivity index (χ1v) is 13.0. The molecule has 0 aliphatic rings. The zero-order chi connectivity index (χ0) is 23.5. The van der Waals surface area contributed by atoms with E-state index in [2.05, 4.69) is 15.5 Å². The van der Waals surface area contributed by atoms with Crippen molar-refractivity contribution >= 4 is 33.2 Å². The lowest BCUT2D eigenvalue weighted by molar-refractivity contribution is -0.113. The fourth-order valence-electron chi connectivity index (χ4n) is 3.53. The molecular formula is C23H28N4O3S2. The van der Waals surface area contributed by atoms with Crippen LogP contribution in [0.4, 0.5) is 5.69 Å². The molecule has 0 fully saturated rings. The second-order valence-electron chi connectivity index (χ2n) is 7.83. The fourth-order valence-corrected chi connectivity index (χ4v) is 5.62. The van der Waals surface area contributed by atoms with Crippen LogP contribution >= 0.6 is 11.8 Å². The molecule has 7 nitrogen and oxygen atoms in total. The Morgan fingerprint density at radius 1 is 1.00 bits per heavy atom. The van der Waals surface area contributed by atoms with Gasteiger partial charge in [-0.3, -0.25) is 4.79 Å². The molecule has 0 saturated carbocycles. The normalized spacial score (nSPS) is 11.5. The van der Waals surface area contributed by atoms with Crippen molar-refractivity contribution in [1.29, 1.82) is 0 Å². The number of carbonyl (C=O) groups is 1. The molecule has 0 radical (unpaired) electrons. The number of sulfone groups is 1. The van der Waals surface area contributed by atoms with Gasteiger partial charge in [0.15, 0.2) is 15.0 Å². The van der Waals surface area contributed by atoms with Crippen LogP contribution in [0.25, 0.3) is 0 Å². The number of anilines is 1. The molecule has 0 saturated heterocycles. The minimum atomic E-state index is -3.55. The van der Waals surface area contributed by atoms with E-state index >= 15 is 0 Å². The molecule has 2 aromatic carbocycles. The van der Waals surface area contributed by atoms with Crippen molar-refractivity contribution in [2.75, 3.05) is 11.1 Å². The summed E-state index contributed by atoms with van der Waals surface area (Å²) in [5.74, 6) is 0.117. The third-order valence-corrected chi connectivity index (χ3v) is 7.68. The number of aromatic nitrogens is 3. The minimum absolute atomic E-state index is 0.148. The van der Waals surface area contributed by atoms with Gasteiger partial charge in [-0.25, -0.2) is 8.42 Å². The Morgan fingerprint density at radius 3 is 2.22 bits per heavy atom. The average Bonchev–Trinajstić information content (AvgIpc) is 3.10. The highest BCUT2D eigenvalue weighted by Crippen LogP contribution is 2.24. The molecule has 32 heavy (non-hydrogen) atoms. The van der Waals surface area contributed by atoms with E-state index in [4.69, 9.17) is 0 Å². The van der Waals surface area contributed by atoms with Gasteiger partial charge < -0.3 is 9.88 Å². The predicted octanol–water partition coefficient (Wildman–Crippen LogP) is 4.24. The van der Waals surface area contributed by atoms with Crippen molar-refractivity contribution in [3.05, 3.63) is 64.5 Å². The number of thioether (sulfide) groups is 1. The summed E-state index contributed by atoms with van der Waals surface area (Å²) >= 11 is 1.24. The summed E-state index contributed by atoms with van der Waals surface area (Å²) in [5.41, 5.74) is 5.00. The molecule has 9 heteroatoms. The number of hydrogen-bond acceptors (Lipinski definition) is 6. The summed E-state index contributed by atoms with van der Waals surface area (Å²) in [7, 11) is -3.55. The van der Waals surface area contributed by atoms with E-state index in [0.29, 0.717) is 17.5 Å². The Hall–Kier alpha value is -2.65. The molecule has 1 N–H and O–H groups in total. The van der Waals surface area contributed by atoms with Crippen LogP contribution < -0.4 is 5.32 Å². The summed E-state index contributed by atoms with van der Waals surface area (Å²) < 4.78 is 27.3. The molecule has 3 rings (SSSR count). The van der Waals surface area contributed by atoms with E-state index in [9.17, 15) is 13.2 Å². The molecule has 0 aliphatic carbocycles. The molecule has 0 bridgehead atoms. The third kappa shape index (κ3) is 5.58. The third-order valence-electron chi connectivity index (χ3n) is 5.08. The smallest absolute Gasteiger partial charge is 0.234 e. The second-order valence-corrected chi connectivity index (χ2v) is 10.8. The molecule has 0 spiro atoms. The maximum Gasteiger partial charge on any atom is 0.234 e. The Morgan fingerprint density at radius 2 is 1.62 bits per heavy atom. The highest BCUT2D eigenvalue weighted by atomic mass is 32.2. The van der Waals surface area contributed by atoms with Crippen molar-refractivity contribution in [3.63, 3.8) is 0 Å². The van der Waals surface area contributed by atoms with Gasteiger partial charge in [-0.15, -0.1) is 10.2 Å². The lowest BCUT2D eigenvalue weighted by Gasteiger charge is -2.13. The predicted molar refractivity (Wildman–Crippen MR) is 128 cm³/mol. The van der Waals surface area contributed by atoms with Crippen LogP contribution in [0.3, 0.4) is 0 Å². The zero-order valence-corrected chi connectivity index (χ0v) is 20.6. The van der Waals surface area contributed by atoms with Crippen LogP contribution in [0.2, 0.25) is 0 Å². The first-order chi connectivity index (χ1) is 15.1. The summed E-state index contributed by atoms with van der Waals surface area (Å²) in [6, 6.07) is 10.8. The number of nitrogens with one attached hydrogen (secondary N) is 1. The first kappa shape index (κ1) is 24.0. The number of aryl methyl sites for hydroxylation is 4. The monoisotopic (exact) mass is 472 g/mol. The second kappa shape index (κ2) is 9.87. The molecule has 0 unspecified atom stereocenters. The summed E-state index contributed by atoms with van der Waals surface area (Å²) in [6.07, 6.45) is 0. The lowest BCUT2D eigenvalue weighted by atomic mass is 10.1. The molecule has 0 atom stereocenters. The number of nitrogens with zero attached hydrogens (tertiary/aromatic N) is 3. The molecular weight excluding hydrogens is 444 g/mol. The number of carbonyl (C=O) groups excluding carboxylic acids is 1. The van der Waals surface area contributed by atoms with E-state index in [1.54, 1.807) is 28.8 Å². The van der Waals surface area contributed by atoms with Crippen LogP contribution in [-0.2, 0) is 26.9 Å². The van der Waals surface area contributed by atoms with Crippen LogP contribution in [0.1, 0.15) is 35.0 Å². The molecule has 3 aromatic rings. The largest absolute Gasteiger partial charge is 0.325 e. The van der Waals surface area contributed by atoms with Gasteiger partial charge in [0.05, 0.1) is 10.6 Å². The van der Waals surface area contributed by atoms with E-state index < -0.39 is 9.84 Å². The van der Waals surface area contributed by atoms with E-state index in [0.717, 1.165) is 27.9 Å². The van der Waals surface area contributed by atoms with E-state index in [-0.39, 0.29) is 22.3 Å². The Labute approximate surface area is 193 Å². The van der Waals surface area contributed by atoms with Crippen LogP contribution in [0, 0.1) is 27.7 Å². The fraction of sp³-hybridized carbons (Fsp3) is 0.348. The van der Waals surface area contributed by atoms with Crippen molar-refractivity contribution in [3.8, 4) is 0 Å². The summed E-state index contributed by atoms with van der Waals surface area (Å²) in [4.78, 5) is 12.8. The van der Waals surface area contributed by atoms with Gasteiger partial charge in [-0.05, 0) is 57.9 Å². The van der Waals surface area contributed by atoms with Crippen molar-refractivity contribution in [2.24, 2.45) is 0 Å². The highest BCUT2D eigenvalue weighted by molar-refractivity contribution is 7.99. The number of amides is 1. The molecule has 1 amide bonds. The Bertz CT molecular complexity index is 1210. The maximum absolute atomic E-state index is 12.8. The zero-order valence-electron chi connectivity index (χ0n) is 19.0. The molecule has 1 aromatic heterocycles. The molecule has 170 valence electrons.